The molecule has 0 spiro atoms. The van der Waals surface area contributed by atoms with E-state index < -0.39 is 0 Å². The minimum atomic E-state index is -0.206. The lowest BCUT2D eigenvalue weighted by atomic mass is 10.2. The number of rotatable bonds is 3. The van der Waals surface area contributed by atoms with Crippen molar-refractivity contribution in [1.82, 2.24) is 0 Å². The van der Waals surface area contributed by atoms with E-state index in [1.807, 2.05) is 6.92 Å². The predicted octanol–water partition coefficient (Wildman–Crippen LogP) is 3.22. The number of hydrogen-bond acceptors (Lipinski definition) is 5. The van der Waals surface area contributed by atoms with E-state index in [-0.39, 0.29) is 34.5 Å². The number of methoxy groups -OCH3 is 1. The molecule has 0 saturated carbocycles. The Bertz CT molecular complexity index is 626. The van der Waals surface area contributed by atoms with Gasteiger partial charge in [-0.25, -0.2) is 0 Å². The molecule has 20 heavy (non-hydrogen) atoms. The minimum absolute atomic E-state index is 0.0938. The van der Waals surface area contributed by atoms with Crippen LogP contribution in [0.15, 0.2) is 24.3 Å². The van der Waals surface area contributed by atoms with Gasteiger partial charge in [0.15, 0.2) is 23.0 Å². The summed E-state index contributed by atoms with van der Waals surface area (Å²) in [5.41, 5.74) is 1.50. The Kier molecular flexibility index (Phi) is 3.61. The molecule has 5 heteroatoms. The molecule has 5 nitrogen and oxygen atoms in total. The minimum Gasteiger partial charge on any atom is -0.504 e. The molecular weight excluding hydrogens is 260 g/mol. The highest BCUT2D eigenvalue weighted by atomic mass is 16.5. The average molecular weight is 276 g/mol. The van der Waals surface area contributed by atoms with Gasteiger partial charge in [-0.3, -0.25) is 0 Å². The van der Waals surface area contributed by atoms with Crippen LogP contribution < -0.4 is 9.47 Å². The highest BCUT2D eigenvalue weighted by Crippen LogP contribution is 2.45. The Labute approximate surface area is 116 Å². The first kappa shape index (κ1) is 13.9. The molecule has 0 saturated heterocycles. The number of benzene rings is 2. The first-order valence-corrected chi connectivity index (χ1v) is 6.00. The Morgan fingerprint density at radius 3 is 1.85 bits per heavy atom. The number of aromatic hydroxyl groups is 3. The van der Waals surface area contributed by atoms with Crippen LogP contribution in [0.25, 0.3) is 0 Å². The zero-order valence-corrected chi connectivity index (χ0v) is 11.5. The van der Waals surface area contributed by atoms with Gasteiger partial charge in [-0.05, 0) is 49.2 Å². The molecule has 3 N–H and O–H groups in total. The summed E-state index contributed by atoms with van der Waals surface area (Å²) in [5.74, 6) is -0.372. The van der Waals surface area contributed by atoms with Crippen molar-refractivity contribution in [2.75, 3.05) is 7.11 Å². The third kappa shape index (κ3) is 2.56. The molecule has 0 aliphatic heterocycles. The van der Waals surface area contributed by atoms with E-state index in [9.17, 15) is 15.3 Å². The maximum absolute atomic E-state index is 10.00. The van der Waals surface area contributed by atoms with Gasteiger partial charge in [-0.2, -0.15) is 0 Å². The van der Waals surface area contributed by atoms with Crippen LogP contribution in [-0.2, 0) is 0 Å². The van der Waals surface area contributed by atoms with Gasteiger partial charge in [0.2, 0.25) is 11.5 Å². The smallest absolute Gasteiger partial charge is 0.210 e. The lowest BCUT2D eigenvalue weighted by Gasteiger charge is -2.14. The van der Waals surface area contributed by atoms with Crippen LogP contribution in [0.3, 0.4) is 0 Å². The summed E-state index contributed by atoms with van der Waals surface area (Å²) in [6.45, 7) is 3.54. The number of phenols is 3. The van der Waals surface area contributed by atoms with E-state index in [4.69, 9.17) is 9.47 Å². The van der Waals surface area contributed by atoms with Gasteiger partial charge >= 0.3 is 0 Å². The van der Waals surface area contributed by atoms with Crippen LogP contribution in [0.5, 0.6) is 34.5 Å². The molecule has 0 bridgehead atoms. The molecule has 0 unspecified atom stereocenters. The quantitative estimate of drug-likeness (QED) is 0.802. The first-order chi connectivity index (χ1) is 9.42. The molecule has 2 rings (SSSR count). The molecule has 0 amide bonds. The van der Waals surface area contributed by atoms with Crippen LogP contribution in [0.1, 0.15) is 11.1 Å². The summed E-state index contributed by atoms with van der Waals surface area (Å²) in [4.78, 5) is 0. The maximum Gasteiger partial charge on any atom is 0.210 e. The van der Waals surface area contributed by atoms with E-state index in [0.29, 0.717) is 5.56 Å². The highest BCUT2D eigenvalue weighted by molar-refractivity contribution is 5.58. The fourth-order valence-corrected chi connectivity index (χ4v) is 1.90. The van der Waals surface area contributed by atoms with Crippen molar-refractivity contribution in [3.8, 4) is 34.5 Å². The Morgan fingerprint density at radius 2 is 1.30 bits per heavy atom. The maximum atomic E-state index is 10.00. The van der Waals surface area contributed by atoms with Crippen LogP contribution >= 0.6 is 0 Å². The zero-order chi connectivity index (χ0) is 14.9. The highest BCUT2D eigenvalue weighted by Gasteiger charge is 2.16. The van der Waals surface area contributed by atoms with E-state index in [1.54, 1.807) is 19.1 Å². The summed E-state index contributed by atoms with van der Waals surface area (Å²) in [7, 11) is 1.43. The third-order valence-corrected chi connectivity index (χ3v) is 2.81. The van der Waals surface area contributed by atoms with Crippen LogP contribution in [0.2, 0.25) is 0 Å². The van der Waals surface area contributed by atoms with Crippen molar-refractivity contribution in [3.05, 3.63) is 35.4 Å². The second-order valence-corrected chi connectivity index (χ2v) is 4.55. The van der Waals surface area contributed by atoms with Gasteiger partial charge in [0.1, 0.15) is 0 Å². The van der Waals surface area contributed by atoms with E-state index in [2.05, 4.69) is 0 Å². The topological polar surface area (TPSA) is 79.2 Å². The van der Waals surface area contributed by atoms with E-state index in [0.717, 1.165) is 5.56 Å². The molecule has 0 aromatic heterocycles. The SMILES string of the molecule is COc1cc(C)cc(Oc2c(O)cc(C)cc2O)c1O. The number of phenolic OH excluding ortho intramolecular Hbond substituents is 3. The Balaban J connectivity index is 2.48. The standard InChI is InChI=1S/C15H16O5/c1-8-4-10(16)15(11(17)5-8)20-13-7-9(2)6-12(19-3)14(13)18/h4-7,16-18H,1-3H3. The molecule has 2 aromatic carbocycles. The van der Waals surface area contributed by atoms with E-state index in [1.165, 1.54) is 19.2 Å². The van der Waals surface area contributed by atoms with E-state index >= 15 is 0 Å². The Hall–Kier alpha value is -2.56. The number of aryl methyl sites for hydroxylation is 2. The normalized spacial score (nSPS) is 10.3. The van der Waals surface area contributed by atoms with Crippen molar-refractivity contribution in [3.63, 3.8) is 0 Å². The van der Waals surface area contributed by atoms with Gasteiger partial charge in [0.05, 0.1) is 7.11 Å². The molecule has 0 fully saturated rings. The molecule has 0 radical (unpaired) electrons. The monoisotopic (exact) mass is 276 g/mol. The second-order valence-electron chi connectivity index (χ2n) is 4.55. The van der Waals surface area contributed by atoms with Gasteiger partial charge in [-0.1, -0.05) is 0 Å². The Morgan fingerprint density at radius 1 is 0.800 bits per heavy atom. The molecule has 2 aromatic rings. The van der Waals surface area contributed by atoms with Crippen molar-refractivity contribution < 1.29 is 24.8 Å². The molecular formula is C15H16O5. The summed E-state index contributed by atoms with van der Waals surface area (Å²) < 4.78 is 10.4. The summed E-state index contributed by atoms with van der Waals surface area (Å²) >= 11 is 0. The van der Waals surface area contributed by atoms with Crippen molar-refractivity contribution in [1.29, 1.82) is 0 Å². The second kappa shape index (κ2) is 5.21. The van der Waals surface area contributed by atoms with Crippen molar-refractivity contribution in [2.24, 2.45) is 0 Å². The fraction of sp³-hybridized carbons (Fsp3) is 0.200. The number of ether oxygens (including phenoxy) is 2. The van der Waals surface area contributed by atoms with Crippen LogP contribution in [0, 0.1) is 13.8 Å². The molecule has 0 heterocycles. The summed E-state index contributed by atoms with van der Waals surface area (Å²) in [5, 5.41) is 29.6. The van der Waals surface area contributed by atoms with Crippen LogP contribution in [0.4, 0.5) is 0 Å². The largest absolute Gasteiger partial charge is 0.504 e. The zero-order valence-electron chi connectivity index (χ0n) is 11.5. The molecule has 0 aliphatic carbocycles. The van der Waals surface area contributed by atoms with Crippen molar-refractivity contribution >= 4 is 0 Å². The van der Waals surface area contributed by atoms with Crippen molar-refractivity contribution in [2.45, 2.75) is 13.8 Å². The molecule has 0 atom stereocenters. The molecule has 106 valence electrons. The van der Waals surface area contributed by atoms with Gasteiger partial charge in [0, 0.05) is 0 Å². The third-order valence-electron chi connectivity index (χ3n) is 2.81. The summed E-state index contributed by atoms with van der Waals surface area (Å²) in [6, 6.07) is 6.14. The van der Waals surface area contributed by atoms with Gasteiger partial charge < -0.3 is 24.8 Å². The number of hydrogen-bond donors (Lipinski definition) is 3. The molecule has 0 aliphatic rings. The van der Waals surface area contributed by atoms with Gasteiger partial charge in [-0.15, -0.1) is 0 Å². The summed E-state index contributed by atoms with van der Waals surface area (Å²) in [6.07, 6.45) is 0. The lowest BCUT2D eigenvalue weighted by Crippen LogP contribution is -1.91. The fourth-order valence-electron chi connectivity index (χ4n) is 1.90. The average Bonchev–Trinajstić information content (AvgIpc) is 2.37. The van der Waals surface area contributed by atoms with Crippen LogP contribution in [-0.4, -0.2) is 22.4 Å². The lowest BCUT2D eigenvalue weighted by molar-refractivity contribution is 0.338. The first-order valence-electron chi connectivity index (χ1n) is 6.00. The predicted molar refractivity (Wildman–Crippen MR) is 74.0 cm³/mol. The van der Waals surface area contributed by atoms with Gasteiger partial charge in [0.25, 0.3) is 0 Å².